The average Bonchev–Trinajstić information content (AvgIpc) is 2.86. The van der Waals surface area contributed by atoms with Crippen LogP contribution in [0.3, 0.4) is 0 Å². The number of hydrogen-bond donors (Lipinski definition) is 1. The van der Waals surface area contributed by atoms with Gasteiger partial charge in [-0.25, -0.2) is 4.90 Å². The molecule has 0 radical (unpaired) electrons. The smallest absolute Gasteiger partial charge is 0.310 e. The molecular formula is C29H57NO5. The highest BCUT2D eigenvalue weighted by molar-refractivity contribution is 5.72. The molecular weight excluding hydrogens is 442 g/mol. The highest BCUT2D eigenvalue weighted by atomic mass is 16.6. The summed E-state index contributed by atoms with van der Waals surface area (Å²) in [5, 5.41) is 9.04. The van der Waals surface area contributed by atoms with Crippen LogP contribution >= 0.6 is 0 Å². The van der Waals surface area contributed by atoms with Crippen molar-refractivity contribution in [2.24, 2.45) is 11.8 Å². The molecule has 208 valence electrons. The molecule has 0 aliphatic rings. The van der Waals surface area contributed by atoms with Gasteiger partial charge in [-0.15, -0.1) is 0 Å². The number of esters is 2. The highest BCUT2D eigenvalue weighted by Gasteiger charge is 2.22. The maximum atomic E-state index is 13.0. The third kappa shape index (κ3) is 18.7. The molecule has 1 N–H and O–H groups in total. The minimum absolute atomic E-state index is 0.0404. The Morgan fingerprint density at radius 3 is 1.60 bits per heavy atom. The van der Waals surface area contributed by atoms with Crippen molar-refractivity contribution in [3.63, 3.8) is 0 Å². The fourth-order valence-corrected chi connectivity index (χ4v) is 4.33. The zero-order valence-corrected chi connectivity index (χ0v) is 23.5. The van der Waals surface area contributed by atoms with Crippen molar-refractivity contribution in [3.8, 4) is 0 Å². The normalized spacial score (nSPS) is 12.3. The molecule has 6 nitrogen and oxygen atoms in total. The molecule has 1 atom stereocenters. The van der Waals surface area contributed by atoms with Crippen molar-refractivity contribution >= 4 is 11.9 Å². The predicted octanol–water partition coefficient (Wildman–Crippen LogP) is 7.23. The summed E-state index contributed by atoms with van der Waals surface area (Å²) in [6.07, 6.45) is 17.8. The van der Waals surface area contributed by atoms with Gasteiger partial charge in [-0.3, -0.25) is 9.59 Å². The number of carbonyl (C=O) groups is 2. The van der Waals surface area contributed by atoms with E-state index in [1.807, 2.05) is 18.7 Å². The molecule has 0 fully saturated rings. The fraction of sp³-hybridized carbons (Fsp3) is 0.931. The van der Waals surface area contributed by atoms with Gasteiger partial charge in [-0.1, -0.05) is 91.9 Å². The Morgan fingerprint density at radius 2 is 1.09 bits per heavy atom. The average molecular weight is 500 g/mol. The molecule has 0 spiro atoms. The molecule has 0 amide bonds. The van der Waals surface area contributed by atoms with Crippen LogP contribution in [0.4, 0.5) is 0 Å². The van der Waals surface area contributed by atoms with Gasteiger partial charge in [0.25, 0.3) is 0 Å². The van der Waals surface area contributed by atoms with Crippen LogP contribution in [0, 0.1) is 11.8 Å². The number of hydrogen-bond acceptors (Lipinski definition) is 6. The van der Waals surface area contributed by atoms with Crippen LogP contribution in [-0.2, 0) is 19.1 Å². The van der Waals surface area contributed by atoms with E-state index >= 15 is 0 Å². The SMILES string of the molecule is CCCCCCCCC(CCCCCC)C(=O)OCN(CCCCCO)COC(=O)C(CC)CC. The topological polar surface area (TPSA) is 76.1 Å². The summed E-state index contributed by atoms with van der Waals surface area (Å²) in [6, 6.07) is 0. The first-order chi connectivity index (χ1) is 17.0. The third-order valence-corrected chi connectivity index (χ3v) is 6.88. The molecule has 6 heteroatoms. The molecule has 0 aromatic heterocycles. The standard InChI is InChI=1S/C29H57NO5/c1-5-9-11-13-14-17-21-27(20-16-12-10-6-2)29(33)35-25-30(22-18-15-19-23-31)24-34-28(32)26(7-3)8-4/h26-27,31H,5-25H2,1-4H3. The van der Waals surface area contributed by atoms with Gasteiger partial charge in [0.1, 0.15) is 13.5 Å². The van der Waals surface area contributed by atoms with Gasteiger partial charge >= 0.3 is 11.9 Å². The van der Waals surface area contributed by atoms with Crippen molar-refractivity contribution in [1.82, 2.24) is 4.90 Å². The molecule has 0 saturated carbocycles. The minimum Gasteiger partial charge on any atom is -0.449 e. The lowest BCUT2D eigenvalue weighted by Crippen LogP contribution is -2.34. The molecule has 1 unspecified atom stereocenters. The molecule has 0 rings (SSSR count). The Labute approximate surface area is 216 Å². The molecule has 0 bridgehead atoms. The van der Waals surface area contributed by atoms with E-state index in [-0.39, 0.29) is 43.8 Å². The van der Waals surface area contributed by atoms with Crippen LogP contribution in [0.5, 0.6) is 0 Å². The summed E-state index contributed by atoms with van der Waals surface area (Å²) in [7, 11) is 0. The monoisotopic (exact) mass is 499 g/mol. The summed E-state index contributed by atoms with van der Waals surface area (Å²) in [5.41, 5.74) is 0. The predicted molar refractivity (Wildman–Crippen MR) is 144 cm³/mol. The second kappa shape index (κ2) is 24.5. The van der Waals surface area contributed by atoms with Crippen LogP contribution in [0.15, 0.2) is 0 Å². The Kier molecular flexibility index (Phi) is 23.8. The molecule has 0 aromatic carbocycles. The van der Waals surface area contributed by atoms with Crippen molar-refractivity contribution in [3.05, 3.63) is 0 Å². The van der Waals surface area contributed by atoms with Crippen molar-refractivity contribution in [2.45, 2.75) is 137 Å². The van der Waals surface area contributed by atoms with Crippen LogP contribution in [-0.4, -0.2) is 48.6 Å². The lowest BCUT2D eigenvalue weighted by Gasteiger charge is -2.24. The van der Waals surface area contributed by atoms with E-state index in [4.69, 9.17) is 14.6 Å². The maximum absolute atomic E-state index is 13.0. The van der Waals surface area contributed by atoms with E-state index in [1.165, 1.54) is 51.4 Å². The fourth-order valence-electron chi connectivity index (χ4n) is 4.33. The van der Waals surface area contributed by atoms with E-state index in [9.17, 15) is 9.59 Å². The van der Waals surface area contributed by atoms with Gasteiger partial charge in [0.2, 0.25) is 0 Å². The summed E-state index contributed by atoms with van der Waals surface area (Å²) < 4.78 is 11.3. The lowest BCUT2D eigenvalue weighted by molar-refractivity contribution is -0.163. The zero-order valence-electron chi connectivity index (χ0n) is 23.5. The molecule has 0 aliphatic carbocycles. The lowest BCUT2D eigenvalue weighted by atomic mass is 9.94. The van der Waals surface area contributed by atoms with Crippen LogP contribution in [0.25, 0.3) is 0 Å². The molecule has 0 saturated heterocycles. The first kappa shape index (κ1) is 33.9. The van der Waals surface area contributed by atoms with E-state index in [0.29, 0.717) is 6.54 Å². The first-order valence-electron chi connectivity index (χ1n) is 14.7. The molecule has 0 aromatic rings. The van der Waals surface area contributed by atoms with Crippen LogP contribution in [0.1, 0.15) is 137 Å². The number of ether oxygens (including phenoxy) is 2. The Morgan fingerprint density at radius 1 is 0.629 bits per heavy atom. The van der Waals surface area contributed by atoms with E-state index in [1.54, 1.807) is 0 Å². The largest absolute Gasteiger partial charge is 0.449 e. The summed E-state index contributed by atoms with van der Waals surface area (Å²) >= 11 is 0. The molecule has 0 aliphatic heterocycles. The summed E-state index contributed by atoms with van der Waals surface area (Å²) in [4.78, 5) is 27.2. The Bertz CT molecular complexity index is 495. The Balaban J connectivity index is 4.79. The van der Waals surface area contributed by atoms with Gasteiger partial charge in [0, 0.05) is 13.2 Å². The number of unbranched alkanes of at least 4 members (excludes halogenated alkanes) is 10. The number of carbonyl (C=O) groups excluding carboxylic acids is 2. The maximum Gasteiger partial charge on any atom is 0.310 e. The first-order valence-corrected chi connectivity index (χ1v) is 14.7. The highest BCUT2D eigenvalue weighted by Crippen LogP contribution is 2.21. The second-order valence-corrected chi connectivity index (χ2v) is 9.98. The van der Waals surface area contributed by atoms with Crippen molar-refractivity contribution in [2.75, 3.05) is 26.6 Å². The van der Waals surface area contributed by atoms with E-state index in [0.717, 1.165) is 57.8 Å². The second-order valence-electron chi connectivity index (χ2n) is 9.98. The van der Waals surface area contributed by atoms with Crippen LogP contribution in [0.2, 0.25) is 0 Å². The van der Waals surface area contributed by atoms with Gasteiger partial charge in [0.05, 0.1) is 11.8 Å². The van der Waals surface area contributed by atoms with Gasteiger partial charge in [-0.2, -0.15) is 0 Å². The van der Waals surface area contributed by atoms with Crippen molar-refractivity contribution < 1.29 is 24.2 Å². The molecule has 35 heavy (non-hydrogen) atoms. The van der Waals surface area contributed by atoms with E-state index in [2.05, 4.69) is 13.8 Å². The number of nitrogens with zero attached hydrogens (tertiary/aromatic N) is 1. The van der Waals surface area contributed by atoms with Gasteiger partial charge in [0.15, 0.2) is 0 Å². The van der Waals surface area contributed by atoms with E-state index < -0.39 is 0 Å². The van der Waals surface area contributed by atoms with Gasteiger partial charge < -0.3 is 14.6 Å². The summed E-state index contributed by atoms with van der Waals surface area (Å²) in [5.74, 6) is -0.416. The van der Waals surface area contributed by atoms with Gasteiger partial charge in [-0.05, 0) is 44.9 Å². The minimum atomic E-state index is -0.182. The third-order valence-electron chi connectivity index (χ3n) is 6.88. The Hall–Kier alpha value is -1.14. The van der Waals surface area contributed by atoms with Crippen molar-refractivity contribution in [1.29, 1.82) is 0 Å². The molecule has 0 heterocycles. The number of aliphatic hydroxyl groups excluding tert-OH is 1. The number of rotatable bonds is 25. The van der Waals surface area contributed by atoms with Crippen LogP contribution < -0.4 is 0 Å². The quantitative estimate of drug-likeness (QED) is 0.0811. The number of aliphatic hydroxyl groups is 1. The summed E-state index contributed by atoms with van der Waals surface area (Å²) in [6.45, 7) is 9.55. The zero-order chi connectivity index (χ0) is 26.2.